The highest BCUT2D eigenvalue weighted by Crippen LogP contribution is 2.42. The summed E-state index contributed by atoms with van der Waals surface area (Å²) in [4.78, 5) is 18.6. The number of esters is 1. The van der Waals surface area contributed by atoms with Crippen molar-refractivity contribution in [2.24, 2.45) is 0 Å². The van der Waals surface area contributed by atoms with Gasteiger partial charge in [0, 0.05) is 34.5 Å². The Labute approximate surface area is 207 Å². The summed E-state index contributed by atoms with van der Waals surface area (Å²) >= 11 is 11.9. The number of halogens is 1. The second kappa shape index (κ2) is 9.29. The molecule has 8 heteroatoms. The number of carbonyl (C=O) groups excluding carboxylic acids is 1. The first kappa shape index (κ1) is 22.1. The lowest BCUT2D eigenvalue weighted by atomic mass is 10.0. The normalized spacial score (nSPS) is 17.5. The van der Waals surface area contributed by atoms with E-state index in [9.17, 15) is 4.79 Å². The van der Waals surface area contributed by atoms with Gasteiger partial charge >= 0.3 is 5.97 Å². The van der Waals surface area contributed by atoms with Crippen molar-refractivity contribution in [1.82, 2.24) is 14.9 Å². The molecule has 0 amide bonds. The van der Waals surface area contributed by atoms with Crippen LogP contribution < -0.4 is 10.2 Å². The summed E-state index contributed by atoms with van der Waals surface area (Å²) in [6.07, 6.45) is 3.78. The van der Waals surface area contributed by atoms with Crippen LogP contribution in [0.15, 0.2) is 91.3 Å². The van der Waals surface area contributed by atoms with Crippen molar-refractivity contribution in [3.63, 3.8) is 0 Å². The number of methoxy groups -OCH3 is 1. The number of aromatic nitrogens is 2. The second-order valence-corrected chi connectivity index (χ2v) is 8.64. The molecule has 3 heterocycles. The molecule has 1 aliphatic heterocycles. The summed E-state index contributed by atoms with van der Waals surface area (Å²) in [5.74, 6) is -0.367. The minimum atomic E-state index is -0.367. The monoisotopic (exact) mass is 488 g/mol. The lowest BCUT2D eigenvalue weighted by Crippen LogP contribution is -2.30. The van der Waals surface area contributed by atoms with Crippen LogP contribution in [0.25, 0.3) is 5.69 Å². The SMILES string of the molecule is COC(=O)c1ccc(-n2cccc2[C@@H]2[C@@H](c3ccccn3)NC(=S)N2c2ccc(Cl)cc2)cc1. The van der Waals surface area contributed by atoms with E-state index in [2.05, 4.69) is 25.8 Å². The number of carbonyl (C=O) groups is 1. The molecular weight excluding hydrogens is 468 g/mol. The number of hydrogen-bond donors (Lipinski definition) is 1. The molecule has 2 aromatic carbocycles. The number of nitrogens with zero attached hydrogens (tertiary/aromatic N) is 3. The van der Waals surface area contributed by atoms with Crippen LogP contribution in [0, 0.1) is 0 Å². The Balaban J connectivity index is 1.61. The molecule has 2 atom stereocenters. The van der Waals surface area contributed by atoms with Gasteiger partial charge in [0.15, 0.2) is 5.11 Å². The molecule has 1 fully saturated rings. The molecule has 1 aliphatic rings. The zero-order chi connectivity index (χ0) is 23.7. The van der Waals surface area contributed by atoms with E-state index in [0.717, 1.165) is 22.8 Å². The van der Waals surface area contributed by atoms with Gasteiger partial charge in [0.1, 0.15) is 6.04 Å². The fourth-order valence-electron chi connectivity index (χ4n) is 4.28. The molecule has 0 spiro atoms. The molecule has 0 unspecified atom stereocenters. The van der Waals surface area contributed by atoms with Crippen molar-refractivity contribution in [2.45, 2.75) is 12.1 Å². The molecule has 0 bridgehead atoms. The molecule has 34 heavy (non-hydrogen) atoms. The molecule has 0 radical (unpaired) electrons. The molecular formula is C26H21ClN4O2S. The van der Waals surface area contributed by atoms with E-state index in [1.807, 2.05) is 66.9 Å². The summed E-state index contributed by atoms with van der Waals surface area (Å²) in [6.45, 7) is 0. The fraction of sp³-hybridized carbons (Fsp3) is 0.115. The first-order valence-electron chi connectivity index (χ1n) is 10.7. The van der Waals surface area contributed by atoms with Crippen molar-refractivity contribution in [2.75, 3.05) is 12.0 Å². The number of pyridine rings is 1. The van der Waals surface area contributed by atoms with Crippen LogP contribution in [0.5, 0.6) is 0 Å². The van der Waals surface area contributed by atoms with Gasteiger partial charge in [-0.3, -0.25) is 4.98 Å². The number of thiocarbonyl (C=S) groups is 1. The van der Waals surface area contributed by atoms with Gasteiger partial charge < -0.3 is 19.5 Å². The van der Waals surface area contributed by atoms with E-state index in [1.165, 1.54) is 7.11 Å². The lowest BCUT2D eigenvalue weighted by Gasteiger charge is -2.29. The van der Waals surface area contributed by atoms with E-state index in [-0.39, 0.29) is 18.1 Å². The van der Waals surface area contributed by atoms with Crippen LogP contribution in [-0.4, -0.2) is 27.7 Å². The zero-order valence-electron chi connectivity index (χ0n) is 18.3. The van der Waals surface area contributed by atoms with Gasteiger partial charge in [0.2, 0.25) is 0 Å². The third kappa shape index (κ3) is 4.04. The Morgan fingerprint density at radius 3 is 2.41 bits per heavy atom. The summed E-state index contributed by atoms with van der Waals surface area (Å²) in [5, 5.41) is 4.74. The average molecular weight is 489 g/mol. The van der Waals surface area contributed by atoms with Crippen LogP contribution in [0.1, 0.15) is 33.8 Å². The molecule has 1 N–H and O–H groups in total. The molecule has 4 aromatic rings. The van der Waals surface area contributed by atoms with Gasteiger partial charge in [-0.2, -0.15) is 0 Å². The highest BCUT2D eigenvalue weighted by Gasteiger charge is 2.42. The maximum atomic E-state index is 11.9. The van der Waals surface area contributed by atoms with Crippen LogP contribution in [0.3, 0.4) is 0 Å². The summed E-state index contributed by atoms with van der Waals surface area (Å²) in [7, 11) is 1.37. The maximum absolute atomic E-state index is 11.9. The second-order valence-electron chi connectivity index (χ2n) is 7.81. The lowest BCUT2D eigenvalue weighted by molar-refractivity contribution is 0.0600. The summed E-state index contributed by atoms with van der Waals surface area (Å²) in [5.41, 5.74) is 4.25. The highest BCUT2D eigenvalue weighted by atomic mass is 35.5. The molecule has 5 rings (SSSR count). The van der Waals surface area contributed by atoms with Crippen molar-refractivity contribution in [3.8, 4) is 5.69 Å². The van der Waals surface area contributed by atoms with E-state index in [4.69, 9.17) is 28.6 Å². The van der Waals surface area contributed by atoms with E-state index >= 15 is 0 Å². The number of hydrogen-bond acceptors (Lipinski definition) is 4. The van der Waals surface area contributed by atoms with E-state index in [1.54, 1.807) is 18.3 Å². The highest BCUT2D eigenvalue weighted by molar-refractivity contribution is 7.80. The smallest absolute Gasteiger partial charge is 0.337 e. The Bertz CT molecular complexity index is 1320. The van der Waals surface area contributed by atoms with E-state index in [0.29, 0.717) is 15.7 Å². The van der Waals surface area contributed by atoms with Gasteiger partial charge in [-0.05, 0) is 85.0 Å². The standard InChI is InChI=1S/C26H21ClN4O2S/c1-33-25(32)17-7-11-19(12-8-17)30-16-4-6-22(30)24-23(21-5-2-3-15-28-21)29-26(34)31(24)20-13-9-18(27)10-14-20/h2-16,23-24H,1H3,(H,29,34)/t23-,24-/m1/s1. The third-order valence-corrected chi connectivity index (χ3v) is 6.42. The van der Waals surface area contributed by atoms with Gasteiger partial charge in [0.25, 0.3) is 0 Å². The Hall–Kier alpha value is -3.68. The fourth-order valence-corrected chi connectivity index (χ4v) is 4.75. The minimum absolute atomic E-state index is 0.174. The number of rotatable bonds is 5. The predicted octanol–water partition coefficient (Wildman–Crippen LogP) is 5.49. The van der Waals surface area contributed by atoms with Gasteiger partial charge in [0.05, 0.1) is 24.4 Å². The molecule has 0 aliphatic carbocycles. The zero-order valence-corrected chi connectivity index (χ0v) is 19.8. The molecule has 0 saturated carbocycles. The minimum Gasteiger partial charge on any atom is -0.465 e. The van der Waals surface area contributed by atoms with Gasteiger partial charge in [-0.15, -0.1) is 0 Å². The summed E-state index contributed by atoms with van der Waals surface area (Å²) < 4.78 is 6.92. The topological polar surface area (TPSA) is 59.4 Å². The molecule has 2 aromatic heterocycles. The van der Waals surface area contributed by atoms with Crippen molar-refractivity contribution < 1.29 is 9.53 Å². The Kier molecular flexibility index (Phi) is 6.04. The average Bonchev–Trinajstić information content (AvgIpc) is 3.49. The Morgan fingerprint density at radius 2 is 1.74 bits per heavy atom. The molecule has 170 valence electrons. The van der Waals surface area contributed by atoms with Crippen LogP contribution >= 0.6 is 23.8 Å². The first-order chi connectivity index (χ1) is 16.6. The number of nitrogens with one attached hydrogen (secondary N) is 1. The van der Waals surface area contributed by atoms with E-state index < -0.39 is 0 Å². The third-order valence-electron chi connectivity index (χ3n) is 5.85. The first-order valence-corrected chi connectivity index (χ1v) is 11.5. The van der Waals surface area contributed by atoms with Gasteiger partial charge in [-0.25, -0.2) is 4.79 Å². The Morgan fingerprint density at radius 1 is 1.00 bits per heavy atom. The number of benzene rings is 2. The summed E-state index contributed by atoms with van der Waals surface area (Å²) in [6, 6.07) is 24.5. The predicted molar refractivity (Wildman–Crippen MR) is 136 cm³/mol. The van der Waals surface area contributed by atoms with Crippen LogP contribution in [0.2, 0.25) is 5.02 Å². The van der Waals surface area contributed by atoms with Crippen molar-refractivity contribution >= 4 is 40.6 Å². The van der Waals surface area contributed by atoms with Crippen LogP contribution in [0.4, 0.5) is 5.69 Å². The molecule has 6 nitrogen and oxygen atoms in total. The quantitative estimate of drug-likeness (QED) is 0.296. The van der Waals surface area contributed by atoms with Crippen molar-refractivity contribution in [3.05, 3.63) is 113 Å². The van der Waals surface area contributed by atoms with Crippen LogP contribution in [-0.2, 0) is 4.74 Å². The maximum Gasteiger partial charge on any atom is 0.337 e. The number of ether oxygens (including phenoxy) is 1. The molecule has 1 saturated heterocycles. The van der Waals surface area contributed by atoms with Gasteiger partial charge in [-0.1, -0.05) is 17.7 Å². The van der Waals surface area contributed by atoms with Crippen molar-refractivity contribution in [1.29, 1.82) is 0 Å². The number of anilines is 1. The largest absolute Gasteiger partial charge is 0.465 e.